The third-order valence-corrected chi connectivity index (χ3v) is 3.82. The van der Waals surface area contributed by atoms with E-state index >= 15 is 0 Å². The minimum absolute atomic E-state index is 0.366. The van der Waals surface area contributed by atoms with Crippen LogP contribution in [0.25, 0.3) is 0 Å². The zero-order valence-corrected chi connectivity index (χ0v) is 10.4. The van der Waals surface area contributed by atoms with Crippen LogP contribution in [0.4, 0.5) is 0 Å². The number of nitrogens with two attached hydrogens (primary N) is 1. The van der Waals surface area contributed by atoms with Crippen LogP contribution in [0.3, 0.4) is 0 Å². The maximum absolute atomic E-state index is 5.63. The van der Waals surface area contributed by atoms with E-state index in [2.05, 4.69) is 16.5 Å². The van der Waals surface area contributed by atoms with Crippen LogP contribution in [0, 0.1) is 5.92 Å². The average molecular weight is 233 g/mol. The molecular weight excluding hydrogens is 210 g/mol. The van der Waals surface area contributed by atoms with E-state index in [9.17, 15) is 0 Å². The van der Waals surface area contributed by atoms with E-state index in [1.165, 1.54) is 32.1 Å². The van der Waals surface area contributed by atoms with E-state index in [4.69, 9.17) is 5.84 Å². The van der Waals surface area contributed by atoms with E-state index < -0.39 is 0 Å². The van der Waals surface area contributed by atoms with E-state index in [0.29, 0.717) is 6.04 Å². The van der Waals surface area contributed by atoms with Gasteiger partial charge in [0, 0.05) is 24.4 Å². The second kappa shape index (κ2) is 6.72. The molecule has 0 radical (unpaired) electrons. The number of hydrogen-bond acceptors (Lipinski definition) is 3. The summed E-state index contributed by atoms with van der Waals surface area (Å²) in [5.41, 5.74) is 4.06. The zero-order chi connectivity index (χ0) is 11.9. The Labute approximate surface area is 104 Å². The van der Waals surface area contributed by atoms with Crippen molar-refractivity contribution in [2.45, 2.75) is 51.0 Å². The van der Waals surface area contributed by atoms with Crippen LogP contribution in [-0.2, 0) is 6.42 Å². The Bertz CT molecular complexity index is 307. The van der Waals surface area contributed by atoms with E-state index in [1.54, 1.807) is 0 Å². The van der Waals surface area contributed by atoms with Crippen molar-refractivity contribution in [1.29, 1.82) is 0 Å². The fourth-order valence-corrected chi connectivity index (χ4v) is 2.75. The molecule has 1 heterocycles. The Morgan fingerprint density at radius 3 is 2.82 bits per heavy atom. The van der Waals surface area contributed by atoms with Gasteiger partial charge in [-0.15, -0.1) is 0 Å². The first-order valence-electron chi connectivity index (χ1n) is 6.74. The maximum Gasteiger partial charge on any atom is 0.0419 e. The highest BCUT2D eigenvalue weighted by Crippen LogP contribution is 2.29. The van der Waals surface area contributed by atoms with Crippen molar-refractivity contribution in [2.75, 3.05) is 0 Å². The summed E-state index contributed by atoms with van der Waals surface area (Å²) >= 11 is 0. The molecule has 0 bridgehead atoms. The summed E-state index contributed by atoms with van der Waals surface area (Å²) < 4.78 is 0. The van der Waals surface area contributed by atoms with Crippen molar-refractivity contribution >= 4 is 0 Å². The Morgan fingerprint density at radius 1 is 1.35 bits per heavy atom. The summed E-state index contributed by atoms with van der Waals surface area (Å²) in [7, 11) is 0. The number of rotatable bonds is 6. The standard InChI is InChI=1S/C14H23N3/c15-17-14(9-8-12-5-1-2-6-12)11-13-7-3-4-10-16-13/h3-4,7,10,12,14,17H,1-2,5-6,8-9,11,15H2. The van der Waals surface area contributed by atoms with Gasteiger partial charge in [0.2, 0.25) is 0 Å². The lowest BCUT2D eigenvalue weighted by atomic mass is 9.96. The molecule has 94 valence electrons. The second-order valence-corrected chi connectivity index (χ2v) is 5.12. The van der Waals surface area contributed by atoms with Crippen molar-refractivity contribution in [3.8, 4) is 0 Å². The predicted molar refractivity (Wildman–Crippen MR) is 70.2 cm³/mol. The molecule has 0 spiro atoms. The minimum Gasteiger partial charge on any atom is -0.271 e. The topological polar surface area (TPSA) is 50.9 Å². The third-order valence-electron chi connectivity index (χ3n) is 3.82. The number of hydrazine groups is 1. The first-order valence-corrected chi connectivity index (χ1v) is 6.74. The molecule has 0 saturated heterocycles. The van der Waals surface area contributed by atoms with Crippen LogP contribution in [0.1, 0.15) is 44.2 Å². The Kier molecular flexibility index (Phi) is 4.95. The lowest BCUT2D eigenvalue weighted by Gasteiger charge is -2.17. The monoisotopic (exact) mass is 233 g/mol. The largest absolute Gasteiger partial charge is 0.271 e. The van der Waals surface area contributed by atoms with Gasteiger partial charge in [0.25, 0.3) is 0 Å². The number of hydrogen-bond donors (Lipinski definition) is 2. The van der Waals surface area contributed by atoms with Crippen molar-refractivity contribution in [1.82, 2.24) is 10.4 Å². The van der Waals surface area contributed by atoms with Gasteiger partial charge in [0.15, 0.2) is 0 Å². The van der Waals surface area contributed by atoms with Crippen LogP contribution in [0.2, 0.25) is 0 Å². The smallest absolute Gasteiger partial charge is 0.0419 e. The van der Waals surface area contributed by atoms with Crippen molar-refractivity contribution in [3.05, 3.63) is 30.1 Å². The molecule has 1 aliphatic rings. The Morgan fingerprint density at radius 2 is 2.18 bits per heavy atom. The molecule has 1 aliphatic carbocycles. The molecule has 3 N–H and O–H groups in total. The third kappa shape index (κ3) is 4.10. The van der Waals surface area contributed by atoms with Gasteiger partial charge in [-0.05, 0) is 30.9 Å². The fraction of sp³-hybridized carbons (Fsp3) is 0.643. The summed E-state index contributed by atoms with van der Waals surface area (Å²) in [5, 5.41) is 0. The van der Waals surface area contributed by atoms with Gasteiger partial charge in [-0.1, -0.05) is 31.7 Å². The van der Waals surface area contributed by atoms with Gasteiger partial charge in [-0.3, -0.25) is 16.3 Å². The lowest BCUT2D eigenvalue weighted by Crippen LogP contribution is -2.37. The molecule has 0 amide bonds. The van der Waals surface area contributed by atoms with Gasteiger partial charge in [-0.25, -0.2) is 0 Å². The predicted octanol–water partition coefficient (Wildman–Crippen LogP) is 2.43. The number of nitrogens with zero attached hydrogens (tertiary/aromatic N) is 1. The van der Waals surface area contributed by atoms with Gasteiger partial charge < -0.3 is 0 Å². The molecule has 3 heteroatoms. The molecule has 1 fully saturated rings. The van der Waals surface area contributed by atoms with E-state index in [0.717, 1.165) is 24.5 Å². The molecule has 0 aliphatic heterocycles. The highest BCUT2D eigenvalue weighted by Gasteiger charge is 2.17. The van der Waals surface area contributed by atoms with Gasteiger partial charge >= 0.3 is 0 Å². The quantitative estimate of drug-likeness (QED) is 0.586. The molecule has 1 aromatic heterocycles. The van der Waals surface area contributed by atoms with Crippen LogP contribution in [-0.4, -0.2) is 11.0 Å². The zero-order valence-electron chi connectivity index (χ0n) is 10.4. The number of nitrogens with one attached hydrogen (secondary N) is 1. The van der Waals surface area contributed by atoms with Gasteiger partial charge in [0.1, 0.15) is 0 Å². The van der Waals surface area contributed by atoms with Crippen molar-refractivity contribution in [2.24, 2.45) is 11.8 Å². The van der Waals surface area contributed by atoms with Crippen LogP contribution in [0.15, 0.2) is 24.4 Å². The maximum atomic E-state index is 5.63. The molecule has 1 unspecified atom stereocenters. The molecule has 2 rings (SSSR count). The second-order valence-electron chi connectivity index (χ2n) is 5.12. The SMILES string of the molecule is NNC(CCC1CCCC1)Cc1ccccn1. The Balaban J connectivity index is 1.76. The number of aromatic nitrogens is 1. The average Bonchev–Trinajstić information content (AvgIpc) is 2.89. The molecular formula is C14H23N3. The van der Waals surface area contributed by atoms with Crippen LogP contribution >= 0.6 is 0 Å². The van der Waals surface area contributed by atoms with E-state index in [1.807, 2.05) is 18.3 Å². The molecule has 3 nitrogen and oxygen atoms in total. The molecule has 1 atom stereocenters. The van der Waals surface area contributed by atoms with Gasteiger partial charge in [-0.2, -0.15) is 0 Å². The molecule has 1 saturated carbocycles. The summed E-state index contributed by atoms with van der Waals surface area (Å²) in [4.78, 5) is 4.35. The molecule has 17 heavy (non-hydrogen) atoms. The minimum atomic E-state index is 0.366. The summed E-state index contributed by atoms with van der Waals surface area (Å²) in [5.74, 6) is 6.57. The lowest BCUT2D eigenvalue weighted by molar-refractivity contribution is 0.405. The Hall–Kier alpha value is -0.930. The highest BCUT2D eigenvalue weighted by atomic mass is 15.2. The highest BCUT2D eigenvalue weighted by molar-refractivity contribution is 5.05. The summed E-state index contributed by atoms with van der Waals surface area (Å²) in [6.07, 6.45) is 10.9. The first kappa shape index (κ1) is 12.5. The summed E-state index contributed by atoms with van der Waals surface area (Å²) in [6, 6.07) is 6.42. The normalized spacial score (nSPS) is 18.4. The van der Waals surface area contributed by atoms with Crippen molar-refractivity contribution < 1.29 is 0 Å². The van der Waals surface area contributed by atoms with E-state index in [-0.39, 0.29) is 0 Å². The first-order chi connectivity index (χ1) is 8.38. The fourth-order valence-electron chi connectivity index (χ4n) is 2.75. The van der Waals surface area contributed by atoms with Crippen LogP contribution in [0.5, 0.6) is 0 Å². The molecule has 1 aromatic rings. The molecule has 0 aromatic carbocycles. The van der Waals surface area contributed by atoms with Crippen LogP contribution < -0.4 is 11.3 Å². The van der Waals surface area contributed by atoms with Gasteiger partial charge in [0.05, 0.1) is 0 Å². The summed E-state index contributed by atoms with van der Waals surface area (Å²) in [6.45, 7) is 0. The number of pyridine rings is 1. The van der Waals surface area contributed by atoms with Crippen molar-refractivity contribution in [3.63, 3.8) is 0 Å².